The normalized spacial score (nSPS) is 18.3. The molecule has 0 aromatic heterocycles. The standard InChI is InChI=1S/C34H31N7O2/c1-21-2-4-29-22(10-21)12-35-18-37(29)14-25-27-16-39-20-40(33(27)8-6-31(25)35)17-28-26-15-38-19-36(32(26)7-9-34(28)39)13-23-11-24(41(42)43)3-5-30(23)38/h2-11H,12-20H2,1H3. The molecule has 0 radical (unpaired) electrons. The molecule has 0 amide bonds. The minimum atomic E-state index is -0.295. The maximum absolute atomic E-state index is 11.4. The molecule has 4 aromatic rings. The summed E-state index contributed by atoms with van der Waals surface area (Å²) in [5.74, 6) is 0. The molecule has 9 nitrogen and oxygen atoms in total. The van der Waals surface area contributed by atoms with Gasteiger partial charge in [0.05, 0.1) is 24.9 Å². The van der Waals surface area contributed by atoms with E-state index in [-0.39, 0.29) is 10.6 Å². The fourth-order valence-electron chi connectivity index (χ4n) is 8.56. The maximum atomic E-state index is 11.4. The number of nitro groups is 1. The van der Waals surface area contributed by atoms with Gasteiger partial charge >= 0.3 is 0 Å². The van der Waals surface area contributed by atoms with Crippen molar-refractivity contribution in [2.45, 2.75) is 46.2 Å². The van der Waals surface area contributed by atoms with Gasteiger partial charge in [-0.2, -0.15) is 0 Å². The lowest BCUT2D eigenvalue weighted by molar-refractivity contribution is -0.384. The van der Waals surface area contributed by atoms with Crippen molar-refractivity contribution in [1.82, 2.24) is 0 Å². The van der Waals surface area contributed by atoms with Gasteiger partial charge in [0.15, 0.2) is 0 Å². The highest BCUT2D eigenvalue weighted by Crippen LogP contribution is 2.49. The van der Waals surface area contributed by atoms with Crippen LogP contribution in [0.1, 0.15) is 38.9 Å². The first-order valence-electron chi connectivity index (χ1n) is 15.1. The minimum absolute atomic E-state index is 0.164. The first-order chi connectivity index (χ1) is 21.0. The van der Waals surface area contributed by atoms with E-state index < -0.39 is 0 Å². The molecular formula is C34H31N7O2. The van der Waals surface area contributed by atoms with Crippen molar-refractivity contribution in [3.05, 3.63) is 110 Å². The predicted molar refractivity (Wildman–Crippen MR) is 169 cm³/mol. The van der Waals surface area contributed by atoms with E-state index in [1.54, 1.807) is 12.1 Å². The van der Waals surface area contributed by atoms with E-state index in [1.165, 1.54) is 61.8 Å². The Morgan fingerprint density at radius 1 is 0.512 bits per heavy atom. The first kappa shape index (κ1) is 23.6. The highest BCUT2D eigenvalue weighted by atomic mass is 16.6. The van der Waals surface area contributed by atoms with Crippen molar-refractivity contribution < 1.29 is 4.92 Å². The fraction of sp³-hybridized carbons (Fsp3) is 0.294. The van der Waals surface area contributed by atoms with E-state index in [1.807, 2.05) is 6.07 Å². The second kappa shape index (κ2) is 8.12. The zero-order valence-electron chi connectivity index (χ0n) is 24.1. The summed E-state index contributed by atoms with van der Waals surface area (Å²) < 4.78 is 0. The summed E-state index contributed by atoms with van der Waals surface area (Å²) in [6.07, 6.45) is 0. The summed E-state index contributed by atoms with van der Waals surface area (Å²) in [7, 11) is 0. The zero-order valence-corrected chi connectivity index (χ0v) is 24.1. The zero-order chi connectivity index (χ0) is 28.6. The van der Waals surface area contributed by atoms with Gasteiger partial charge in [0.2, 0.25) is 0 Å². The third-order valence-electron chi connectivity index (χ3n) is 10.5. The number of non-ortho nitro benzene ring substituents is 1. The number of hydrogen-bond donors (Lipinski definition) is 0. The topological polar surface area (TPSA) is 62.6 Å². The summed E-state index contributed by atoms with van der Waals surface area (Å²) in [4.78, 5) is 26.1. The summed E-state index contributed by atoms with van der Waals surface area (Å²) in [5.41, 5.74) is 17.6. The second-order valence-corrected chi connectivity index (χ2v) is 12.9. The number of benzene rings is 4. The smallest absolute Gasteiger partial charge is 0.269 e. The molecule has 10 rings (SSSR count). The van der Waals surface area contributed by atoms with Crippen LogP contribution in [0.4, 0.5) is 39.8 Å². The molecule has 0 saturated carbocycles. The molecular weight excluding hydrogens is 538 g/mol. The third-order valence-corrected chi connectivity index (χ3v) is 10.5. The van der Waals surface area contributed by atoms with Gasteiger partial charge in [0, 0.05) is 113 Å². The first-order valence-corrected chi connectivity index (χ1v) is 15.1. The monoisotopic (exact) mass is 569 g/mol. The van der Waals surface area contributed by atoms with Crippen molar-refractivity contribution in [3.8, 4) is 0 Å². The number of hydrogen-bond acceptors (Lipinski definition) is 8. The van der Waals surface area contributed by atoms with Crippen LogP contribution in [-0.4, -0.2) is 24.9 Å². The van der Waals surface area contributed by atoms with Crippen LogP contribution in [0, 0.1) is 17.0 Å². The predicted octanol–water partition coefficient (Wildman–Crippen LogP) is 5.80. The molecule has 0 saturated heterocycles. The molecule has 0 fully saturated rings. The number of fused-ring (bicyclic) bond motifs is 20. The summed E-state index contributed by atoms with van der Waals surface area (Å²) >= 11 is 0. The van der Waals surface area contributed by atoms with E-state index >= 15 is 0 Å². The van der Waals surface area contributed by atoms with Crippen molar-refractivity contribution in [3.63, 3.8) is 0 Å². The molecule has 6 aliphatic rings. The highest BCUT2D eigenvalue weighted by Gasteiger charge is 2.39. The van der Waals surface area contributed by atoms with E-state index in [9.17, 15) is 10.1 Å². The molecule has 0 N–H and O–H groups in total. The Morgan fingerprint density at radius 3 is 1.35 bits per heavy atom. The Kier molecular flexibility index (Phi) is 4.46. The number of anilines is 6. The van der Waals surface area contributed by atoms with Crippen molar-refractivity contribution in [2.24, 2.45) is 0 Å². The quantitative estimate of drug-likeness (QED) is 0.211. The average Bonchev–Trinajstić information content (AvgIpc) is 3.01. The van der Waals surface area contributed by atoms with Crippen LogP contribution in [0.5, 0.6) is 0 Å². The van der Waals surface area contributed by atoms with Gasteiger partial charge in [-0.15, -0.1) is 0 Å². The molecule has 6 heterocycles. The lowest BCUT2D eigenvalue weighted by Gasteiger charge is -2.51. The number of aryl methyl sites for hydroxylation is 1. The second-order valence-electron chi connectivity index (χ2n) is 12.9. The Morgan fingerprint density at radius 2 is 0.884 bits per heavy atom. The molecule has 9 heteroatoms. The van der Waals surface area contributed by atoms with E-state index in [4.69, 9.17) is 0 Å². The Hall–Kier alpha value is -4.92. The number of nitrogens with zero attached hydrogens (tertiary/aromatic N) is 7. The lowest BCUT2D eigenvalue weighted by Crippen LogP contribution is -2.50. The van der Waals surface area contributed by atoms with Crippen LogP contribution >= 0.6 is 0 Å². The third kappa shape index (κ3) is 3.22. The van der Waals surface area contributed by atoms with Crippen LogP contribution in [-0.2, 0) is 39.3 Å². The van der Waals surface area contributed by atoms with Gasteiger partial charge in [0.1, 0.15) is 0 Å². The summed E-state index contributed by atoms with van der Waals surface area (Å²) in [5, 5.41) is 11.4. The van der Waals surface area contributed by atoms with E-state index in [2.05, 4.69) is 78.8 Å². The molecule has 4 aromatic carbocycles. The maximum Gasteiger partial charge on any atom is 0.269 e. The van der Waals surface area contributed by atoms with Gasteiger partial charge in [-0.3, -0.25) is 10.1 Å². The van der Waals surface area contributed by atoms with Crippen LogP contribution < -0.4 is 29.4 Å². The van der Waals surface area contributed by atoms with Crippen molar-refractivity contribution in [2.75, 3.05) is 49.4 Å². The van der Waals surface area contributed by atoms with Gasteiger partial charge in [-0.05, 0) is 48.9 Å². The van der Waals surface area contributed by atoms with Crippen molar-refractivity contribution in [1.29, 1.82) is 0 Å². The lowest BCUT2D eigenvalue weighted by atomic mass is 9.90. The molecule has 0 unspecified atom stereocenters. The molecule has 43 heavy (non-hydrogen) atoms. The molecule has 0 atom stereocenters. The van der Waals surface area contributed by atoms with Crippen molar-refractivity contribution >= 4 is 39.8 Å². The van der Waals surface area contributed by atoms with Gasteiger partial charge < -0.3 is 29.4 Å². The van der Waals surface area contributed by atoms with E-state index in [0.717, 1.165) is 64.0 Å². The molecule has 214 valence electrons. The minimum Gasteiger partial charge on any atom is -0.349 e. The average molecular weight is 570 g/mol. The molecule has 0 aliphatic carbocycles. The van der Waals surface area contributed by atoms with Crippen LogP contribution in [0.15, 0.2) is 60.7 Å². The Bertz CT molecular complexity index is 1920. The number of nitro benzene ring substituents is 1. The van der Waals surface area contributed by atoms with Crippen LogP contribution in [0.3, 0.4) is 0 Å². The van der Waals surface area contributed by atoms with Gasteiger partial charge in [-0.25, -0.2) is 0 Å². The van der Waals surface area contributed by atoms with Crippen LogP contribution in [0.2, 0.25) is 0 Å². The largest absolute Gasteiger partial charge is 0.349 e. The molecule has 6 aliphatic heterocycles. The SMILES string of the molecule is Cc1ccc2c(c1)CN1CN2Cc2c1ccc1c2CN2CN1Cc1c2ccc2c1CN1CN2Cc2cc([N+](=O)[O-])ccc21. The molecule has 0 spiro atoms. The number of rotatable bonds is 1. The summed E-state index contributed by atoms with van der Waals surface area (Å²) in [6.45, 7) is 10.1. The highest BCUT2D eigenvalue weighted by molar-refractivity contribution is 5.80. The van der Waals surface area contributed by atoms with E-state index in [0.29, 0.717) is 6.54 Å². The fourth-order valence-corrected chi connectivity index (χ4v) is 8.56. The summed E-state index contributed by atoms with van der Waals surface area (Å²) in [6, 6.07) is 21.6. The molecule has 6 bridgehead atoms. The van der Waals surface area contributed by atoms with Crippen LogP contribution in [0.25, 0.3) is 0 Å². The Balaban J connectivity index is 1.01. The van der Waals surface area contributed by atoms with Gasteiger partial charge in [-0.1, -0.05) is 17.7 Å². The van der Waals surface area contributed by atoms with Gasteiger partial charge in [0.25, 0.3) is 5.69 Å². The Labute approximate surface area is 249 Å².